The molecule has 1 heterocycles. The molecule has 1 fully saturated rings. The first kappa shape index (κ1) is 20.8. The van der Waals surface area contributed by atoms with E-state index in [4.69, 9.17) is 9.47 Å². The average Bonchev–Trinajstić information content (AvgIpc) is 2.88. The Hall–Kier alpha value is -2.26. The third kappa shape index (κ3) is 8.41. The van der Waals surface area contributed by atoms with Gasteiger partial charge >= 0.3 is 5.97 Å². The summed E-state index contributed by atoms with van der Waals surface area (Å²) in [5.74, 6) is -1.88. The van der Waals surface area contributed by atoms with Gasteiger partial charge in [-0.05, 0) is 13.3 Å². The molecule has 1 N–H and O–H groups in total. The van der Waals surface area contributed by atoms with Crippen LogP contribution in [-0.4, -0.2) is 61.7 Å². The number of carbonyl (C=O) groups is 4. The average molecular weight is 356 g/mol. The molecular weight excluding hydrogens is 332 g/mol. The van der Waals surface area contributed by atoms with Crippen molar-refractivity contribution in [3.8, 4) is 0 Å². The van der Waals surface area contributed by atoms with Gasteiger partial charge in [0.25, 0.3) is 11.8 Å². The second-order valence-electron chi connectivity index (χ2n) is 5.41. The fourth-order valence-corrected chi connectivity index (χ4v) is 1.81. The van der Waals surface area contributed by atoms with Gasteiger partial charge in [0.05, 0.1) is 26.2 Å². The van der Waals surface area contributed by atoms with Crippen LogP contribution in [0, 0.1) is 0 Å². The zero-order valence-electron chi connectivity index (χ0n) is 14.4. The number of rotatable bonds is 12. The van der Waals surface area contributed by atoms with Crippen molar-refractivity contribution < 1.29 is 33.5 Å². The SMILES string of the molecule is C=C(C)C(=O)NCCCOCCOCCC(=O)ON1C(=O)CCC1=O. The van der Waals surface area contributed by atoms with E-state index >= 15 is 0 Å². The molecule has 1 aliphatic heterocycles. The van der Waals surface area contributed by atoms with Crippen LogP contribution in [0.15, 0.2) is 12.2 Å². The minimum Gasteiger partial charge on any atom is -0.379 e. The Kier molecular flexibility index (Phi) is 9.41. The molecule has 0 aliphatic carbocycles. The van der Waals surface area contributed by atoms with Crippen molar-refractivity contribution in [2.45, 2.75) is 32.6 Å². The van der Waals surface area contributed by atoms with E-state index in [1.165, 1.54) is 0 Å². The van der Waals surface area contributed by atoms with E-state index < -0.39 is 17.8 Å². The van der Waals surface area contributed by atoms with Gasteiger partial charge in [-0.25, -0.2) is 4.79 Å². The minimum absolute atomic E-state index is 0.0655. The van der Waals surface area contributed by atoms with E-state index in [9.17, 15) is 19.2 Å². The highest BCUT2D eigenvalue weighted by Crippen LogP contribution is 2.12. The number of imide groups is 1. The van der Waals surface area contributed by atoms with Crippen LogP contribution in [-0.2, 0) is 33.5 Å². The Bertz CT molecular complexity index is 503. The van der Waals surface area contributed by atoms with Gasteiger partial charge in [0.15, 0.2) is 0 Å². The van der Waals surface area contributed by atoms with Crippen molar-refractivity contribution >= 4 is 23.7 Å². The Morgan fingerprint density at radius 1 is 1.08 bits per heavy atom. The van der Waals surface area contributed by atoms with Crippen LogP contribution < -0.4 is 5.32 Å². The quantitative estimate of drug-likeness (QED) is 0.300. The summed E-state index contributed by atoms with van der Waals surface area (Å²) in [5, 5.41) is 3.20. The maximum atomic E-state index is 11.5. The Morgan fingerprint density at radius 3 is 2.28 bits per heavy atom. The molecule has 3 amide bonds. The molecule has 0 saturated carbocycles. The molecule has 0 aromatic heterocycles. The monoisotopic (exact) mass is 356 g/mol. The summed E-state index contributed by atoms with van der Waals surface area (Å²) in [5.41, 5.74) is 0.464. The standard InChI is InChI=1S/C16H24N2O7/c1-12(2)16(22)17-7-3-8-23-10-11-24-9-6-15(21)25-18-13(19)4-5-14(18)20/h1,3-11H2,2H3,(H,17,22). The van der Waals surface area contributed by atoms with Gasteiger partial charge in [-0.1, -0.05) is 6.58 Å². The van der Waals surface area contributed by atoms with Gasteiger partial charge in [0.1, 0.15) is 0 Å². The molecule has 1 saturated heterocycles. The molecule has 9 nitrogen and oxygen atoms in total. The van der Waals surface area contributed by atoms with Crippen LogP contribution in [0.5, 0.6) is 0 Å². The first-order chi connectivity index (χ1) is 11.9. The number of hydrogen-bond acceptors (Lipinski definition) is 7. The van der Waals surface area contributed by atoms with E-state index in [0.29, 0.717) is 43.4 Å². The first-order valence-corrected chi connectivity index (χ1v) is 8.07. The molecule has 1 aliphatic rings. The molecule has 0 aromatic rings. The fraction of sp³-hybridized carbons (Fsp3) is 0.625. The van der Waals surface area contributed by atoms with Crippen LogP contribution in [0.3, 0.4) is 0 Å². The summed E-state index contributed by atoms with van der Waals surface area (Å²) in [4.78, 5) is 49.9. The molecule has 0 unspecified atom stereocenters. The summed E-state index contributed by atoms with van der Waals surface area (Å²) in [6.07, 6.45) is 0.737. The van der Waals surface area contributed by atoms with Gasteiger partial charge < -0.3 is 19.6 Å². The topological polar surface area (TPSA) is 111 Å². The van der Waals surface area contributed by atoms with Gasteiger partial charge in [0.2, 0.25) is 5.91 Å². The summed E-state index contributed by atoms with van der Waals surface area (Å²) in [6.45, 7) is 6.91. The van der Waals surface area contributed by atoms with E-state index in [0.717, 1.165) is 0 Å². The highest BCUT2D eigenvalue weighted by Gasteiger charge is 2.32. The van der Waals surface area contributed by atoms with Crippen molar-refractivity contribution in [3.63, 3.8) is 0 Å². The predicted octanol–water partition coefficient (Wildman–Crippen LogP) is 0.0993. The lowest BCUT2D eigenvalue weighted by atomic mass is 10.3. The normalized spacial score (nSPS) is 13.9. The Balaban J connectivity index is 1.92. The number of amides is 3. The summed E-state index contributed by atoms with van der Waals surface area (Å²) in [7, 11) is 0. The van der Waals surface area contributed by atoms with Gasteiger partial charge in [-0.15, -0.1) is 5.06 Å². The number of nitrogens with one attached hydrogen (secondary N) is 1. The molecule has 140 valence electrons. The van der Waals surface area contributed by atoms with E-state index in [1.807, 2.05) is 0 Å². The molecule has 0 spiro atoms. The van der Waals surface area contributed by atoms with Crippen LogP contribution in [0.4, 0.5) is 0 Å². The summed E-state index contributed by atoms with van der Waals surface area (Å²) < 4.78 is 10.5. The van der Waals surface area contributed by atoms with Crippen LogP contribution in [0.1, 0.15) is 32.6 Å². The van der Waals surface area contributed by atoms with Crippen LogP contribution in [0.2, 0.25) is 0 Å². The smallest absolute Gasteiger partial charge is 0.335 e. The number of ether oxygens (including phenoxy) is 2. The maximum Gasteiger partial charge on any atom is 0.335 e. The highest BCUT2D eigenvalue weighted by molar-refractivity contribution is 6.01. The van der Waals surface area contributed by atoms with Crippen LogP contribution >= 0.6 is 0 Å². The van der Waals surface area contributed by atoms with E-state index in [1.54, 1.807) is 6.92 Å². The highest BCUT2D eigenvalue weighted by atomic mass is 16.7. The molecule has 0 atom stereocenters. The zero-order chi connectivity index (χ0) is 18.7. The second kappa shape index (κ2) is 11.3. The number of nitrogens with zero attached hydrogens (tertiary/aromatic N) is 1. The lowest BCUT2D eigenvalue weighted by Crippen LogP contribution is -2.32. The summed E-state index contributed by atoms with van der Waals surface area (Å²) in [6, 6.07) is 0. The molecule has 9 heteroatoms. The van der Waals surface area contributed by atoms with Gasteiger partial charge in [0, 0.05) is 31.6 Å². The first-order valence-electron chi connectivity index (χ1n) is 8.07. The zero-order valence-corrected chi connectivity index (χ0v) is 14.4. The molecule has 0 aromatic carbocycles. The molecule has 0 bridgehead atoms. The van der Waals surface area contributed by atoms with E-state index in [2.05, 4.69) is 16.7 Å². The molecule has 0 radical (unpaired) electrons. The Labute approximate surface area is 146 Å². The molecular formula is C16H24N2O7. The Morgan fingerprint density at radius 2 is 1.68 bits per heavy atom. The lowest BCUT2D eigenvalue weighted by molar-refractivity contribution is -0.198. The summed E-state index contributed by atoms with van der Waals surface area (Å²) >= 11 is 0. The third-order valence-corrected chi connectivity index (χ3v) is 3.16. The number of hydroxylamine groups is 2. The predicted molar refractivity (Wildman–Crippen MR) is 85.9 cm³/mol. The van der Waals surface area contributed by atoms with E-state index in [-0.39, 0.29) is 31.8 Å². The van der Waals surface area contributed by atoms with Crippen molar-refractivity contribution in [2.24, 2.45) is 0 Å². The minimum atomic E-state index is -0.697. The van der Waals surface area contributed by atoms with Crippen molar-refractivity contribution in [1.29, 1.82) is 0 Å². The second-order valence-corrected chi connectivity index (χ2v) is 5.41. The van der Waals surface area contributed by atoms with Crippen molar-refractivity contribution in [3.05, 3.63) is 12.2 Å². The van der Waals surface area contributed by atoms with Gasteiger partial charge in [-0.3, -0.25) is 14.4 Å². The van der Waals surface area contributed by atoms with Crippen LogP contribution in [0.25, 0.3) is 0 Å². The molecule has 25 heavy (non-hydrogen) atoms. The third-order valence-electron chi connectivity index (χ3n) is 3.16. The fourth-order valence-electron chi connectivity index (χ4n) is 1.81. The maximum absolute atomic E-state index is 11.5. The van der Waals surface area contributed by atoms with Crippen molar-refractivity contribution in [1.82, 2.24) is 10.4 Å². The number of hydrogen-bond donors (Lipinski definition) is 1. The molecule has 1 rings (SSSR count). The van der Waals surface area contributed by atoms with Gasteiger partial charge in [-0.2, -0.15) is 0 Å². The van der Waals surface area contributed by atoms with Crippen molar-refractivity contribution in [2.75, 3.05) is 33.0 Å². The largest absolute Gasteiger partial charge is 0.379 e. The lowest BCUT2D eigenvalue weighted by Gasteiger charge is -2.12. The number of carbonyl (C=O) groups excluding carboxylic acids is 4.